The van der Waals surface area contributed by atoms with E-state index in [2.05, 4.69) is 30.7 Å². The summed E-state index contributed by atoms with van der Waals surface area (Å²) in [6.45, 7) is 9.90. The number of hydrogen-bond donors (Lipinski definition) is 1. The maximum Gasteiger partial charge on any atom is 0.123 e. The summed E-state index contributed by atoms with van der Waals surface area (Å²) in [5.41, 5.74) is 2.87. The number of nitrogens with one attached hydrogen (secondary N) is 1. The Morgan fingerprint density at radius 2 is 2.15 bits per heavy atom. The third-order valence-corrected chi connectivity index (χ3v) is 2.75. The summed E-state index contributed by atoms with van der Waals surface area (Å²) in [6, 6.07) is 0. The molecule has 0 radical (unpaired) electrons. The van der Waals surface area contributed by atoms with Gasteiger partial charge in [-0.3, -0.25) is 4.99 Å². The molecule has 0 heterocycles. The highest BCUT2D eigenvalue weighted by atomic mass is 16.6. The molecule has 1 aliphatic rings. The van der Waals surface area contributed by atoms with Gasteiger partial charge in [0, 0.05) is 5.41 Å². The summed E-state index contributed by atoms with van der Waals surface area (Å²) in [7, 11) is 0. The minimum atomic E-state index is 0.161. The molecule has 0 spiro atoms. The van der Waals surface area contributed by atoms with E-state index in [1.54, 1.807) is 0 Å². The SMILES string of the molecule is C=NCNOC(=C)C1(C)CCCC1. The Morgan fingerprint density at radius 1 is 1.54 bits per heavy atom. The van der Waals surface area contributed by atoms with Gasteiger partial charge in [0.1, 0.15) is 12.4 Å². The first kappa shape index (κ1) is 10.3. The van der Waals surface area contributed by atoms with Crippen LogP contribution in [0.25, 0.3) is 0 Å². The molecular formula is C10H18N2O. The average Bonchev–Trinajstić information content (AvgIpc) is 2.54. The van der Waals surface area contributed by atoms with Crippen molar-refractivity contribution in [3.05, 3.63) is 12.3 Å². The molecule has 0 atom stereocenters. The van der Waals surface area contributed by atoms with Crippen LogP contribution in [0.15, 0.2) is 17.3 Å². The highest BCUT2D eigenvalue weighted by molar-refractivity contribution is 5.22. The third kappa shape index (κ3) is 2.56. The van der Waals surface area contributed by atoms with E-state index in [9.17, 15) is 0 Å². The van der Waals surface area contributed by atoms with E-state index in [4.69, 9.17) is 4.84 Å². The predicted octanol–water partition coefficient (Wildman–Crippen LogP) is 2.26. The predicted molar refractivity (Wildman–Crippen MR) is 54.4 cm³/mol. The zero-order valence-corrected chi connectivity index (χ0v) is 8.31. The van der Waals surface area contributed by atoms with Gasteiger partial charge in [-0.2, -0.15) is 0 Å². The lowest BCUT2D eigenvalue weighted by molar-refractivity contribution is 0.0601. The monoisotopic (exact) mass is 182 g/mol. The molecule has 1 fully saturated rings. The second-order valence-corrected chi connectivity index (χ2v) is 3.82. The summed E-state index contributed by atoms with van der Waals surface area (Å²) >= 11 is 0. The van der Waals surface area contributed by atoms with Crippen molar-refractivity contribution in [3.63, 3.8) is 0 Å². The van der Waals surface area contributed by atoms with Crippen molar-refractivity contribution in [2.24, 2.45) is 10.4 Å². The van der Waals surface area contributed by atoms with E-state index in [-0.39, 0.29) is 5.41 Å². The van der Waals surface area contributed by atoms with Crippen LogP contribution in [-0.2, 0) is 4.84 Å². The van der Waals surface area contributed by atoms with E-state index in [1.807, 2.05) is 0 Å². The molecule has 0 unspecified atom stereocenters. The lowest BCUT2D eigenvalue weighted by Gasteiger charge is -2.25. The number of hydrogen-bond acceptors (Lipinski definition) is 3. The van der Waals surface area contributed by atoms with Gasteiger partial charge in [-0.05, 0) is 19.6 Å². The van der Waals surface area contributed by atoms with Crippen molar-refractivity contribution in [1.29, 1.82) is 0 Å². The zero-order chi connectivity index (χ0) is 9.73. The van der Waals surface area contributed by atoms with Gasteiger partial charge in [-0.25, -0.2) is 0 Å². The lowest BCUT2D eigenvalue weighted by Crippen LogP contribution is -2.23. The van der Waals surface area contributed by atoms with Gasteiger partial charge < -0.3 is 4.84 Å². The second-order valence-electron chi connectivity index (χ2n) is 3.82. The fourth-order valence-corrected chi connectivity index (χ4v) is 1.72. The normalized spacial score (nSPS) is 19.8. The Bertz CT molecular complexity index is 195. The highest BCUT2D eigenvalue weighted by Gasteiger charge is 2.33. The molecule has 13 heavy (non-hydrogen) atoms. The summed E-state index contributed by atoms with van der Waals surface area (Å²) in [5.74, 6) is 0.827. The van der Waals surface area contributed by atoms with Crippen LogP contribution in [0.2, 0.25) is 0 Å². The summed E-state index contributed by atoms with van der Waals surface area (Å²) in [5, 5.41) is 0. The van der Waals surface area contributed by atoms with E-state index in [0.29, 0.717) is 6.67 Å². The van der Waals surface area contributed by atoms with Gasteiger partial charge in [0.25, 0.3) is 0 Å². The van der Waals surface area contributed by atoms with E-state index < -0.39 is 0 Å². The van der Waals surface area contributed by atoms with Gasteiger partial charge in [-0.1, -0.05) is 26.3 Å². The first-order chi connectivity index (χ1) is 6.19. The van der Waals surface area contributed by atoms with Gasteiger partial charge in [0.15, 0.2) is 0 Å². The Hall–Kier alpha value is -0.830. The Morgan fingerprint density at radius 3 is 2.69 bits per heavy atom. The fourth-order valence-electron chi connectivity index (χ4n) is 1.72. The minimum Gasteiger partial charge on any atom is -0.411 e. The topological polar surface area (TPSA) is 33.6 Å². The van der Waals surface area contributed by atoms with Crippen LogP contribution in [0.3, 0.4) is 0 Å². The van der Waals surface area contributed by atoms with Crippen molar-refractivity contribution >= 4 is 6.72 Å². The third-order valence-electron chi connectivity index (χ3n) is 2.75. The molecule has 0 bridgehead atoms. The van der Waals surface area contributed by atoms with Crippen molar-refractivity contribution in [2.75, 3.05) is 6.67 Å². The molecule has 0 aromatic rings. The number of nitrogens with zero attached hydrogens (tertiary/aromatic N) is 1. The minimum absolute atomic E-state index is 0.161. The summed E-state index contributed by atoms with van der Waals surface area (Å²) in [4.78, 5) is 8.92. The molecular weight excluding hydrogens is 164 g/mol. The summed E-state index contributed by atoms with van der Waals surface area (Å²) in [6.07, 6.45) is 4.90. The largest absolute Gasteiger partial charge is 0.411 e. The van der Waals surface area contributed by atoms with Crippen molar-refractivity contribution in [1.82, 2.24) is 5.48 Å². The van der Waals surface area contributed by atoms with Gasteiger partial charge in [-0.15, -0.1) is 5.48 Å². The van der Waals surface area contributed by atoms with Crippen LogP contribution in [-0.4, -0.2) is 13.4 Å². The van der Waals surface area contributed by atoms with Gasteiger partial charge >= 0.3 is 0 Å². The first-order valence-corrected chi connectivity index (χ1v) is 4.70. The van der Waals surface area contributed by atoms with E-state index in [0.717, 1.165) is 5.76 Å². The molecule has 0 saturated heterocycles. The molecule has 1 aliphatic carbocycles. The van der Waals surface area contributed by atoms with E-state index >= 15 is 0 Å². The standard InChI is InChI=1S/C10H18N2O/c1-9(13-12-8-11-3)10(2)6-4-5-7-10/h12H,1,3-8H2,2H3. The Balaban J connectivity index is 2.33. The summed E-state index contributed by atoms with van der Waals surface area (Å²) < 4.78 is 0. The Labute approximate surface area is 79.8 Å². The quantitative estimate of drug-likeness (QED) is 0.306. The van der Waals surface area contributed by atoms with Crippen LogP contribution in [0, 0.1) is 5.41 Å². The van der Waals surface area contributed by atoms with Crippen LogP contribution in [0.4, 0.5) is 0 Å². The lowest BCUT2D eigenvalue weighted by atomic mass is 9.87. The van der Waals surface area contributed by atoms with Crippen LogP contribution < -0.4 is 5.48 Å². The van der Waals surface area contributed by atoms with Crippen LogP contribution in [0.1, 0.15) is 32.6 Å². The maximum absolute atomic E-state index is 5.29. The van der Waals surface area contributed by atoms with Crippen molar-refractivity contribution in [2.45, 2.75) is 32.6 Å². The second kappa shape index (κ2) is 4.42. The van der Waals surface area contributed by atoms with Gasteiger partial charge in [0.2, 0.25) is 0 Å². The zero-order valence-electron chi connectivity index (χ0n) is 8.31. The van der Waals surface area contributed by atoms with Crippen molar-refractivity contribution < 1.29 is 4.84 Å². The molecule has 0 aliphatic heterocycles. The molecule has 74 valence electrons. The molecule has 1 saturated carbocycles. The smallest absolute Gasteiger partial charge is 0.123 e. The van der Waals surface area contributed by atoms with E-state index in [1.165, 1.54) is 25.7 Å². The van der Waals surface area contributed by atoms with Crippen molar-refractivity contribution in [3.8, 4) is 0 Å². The number of hydroxylamine groups is 1. The van der Waals surface area contributed by atoms with Gasteiger partial charge in [0.05, 0.1) is 0 Å². The molecule has 1 N–H and O–H groups in total. The molecule has 3 heteroatoms. The molecule has 1 rings (SSSR count). The average molecular weight is 182 g/mol. The van der Waals surface area contributed by atoms with Crippen LogP contribution >= 0.6 is 0 Å². The number of aliphatic imine (C=N–C) groups is 1. The highest BCUT2D eigenvalue weighted by Crippen LogP contribution is 2.42. The first-order valence-electron chi connectivity index (χ1n) is 4.70. The molecule has 0 aromatic heterocycles. The molecule has 0 amide bonds. The fraction of sp³-hybridized carbons (Fsp3) is 0.700. The maximum atomic E-state index is 5.29. The van der Waals surface area contributed by atoms with Crippen LogP contribution in [0.5, 0.6) is 0 Å². The Kier molecular flexibility index (Phi) is 3.48. The number of rotatable bonds is 5. The molecule has 3 nitrogen and oxygen atoms in total. The number of allylic oxidation sites excluding steroid dienone is 1. The molecule has 0 aromatic carbocycles.